The summed E-state index contributed by atoms with van der Waals surface area (Å²) in [6.07, 6.45) is 2.51. The second-order valence-electron chi connectivity index (χ2n) is 4.15. The van der Waals surface area contributed by atoms with E-state index >= 15 is 0 Å². The lowest BCUT2D eigenvalue weighted by Gasteiger charge is -2.00. The fourth-order valence-corrected chi connectivity index (χ4v) is 2.53. The fraction of sp³-hybridized carbons (Fsp3) is 0.286. The van der Waals surface area contributed by atoms with Crippen LogP contribution in [-0.4, -0.2) is 11.6 Å². The predicted octanol–water partition coefficient (Wildman–Crippen LogP) is 3.37. The summed E-state index contributed by atoms with van der Waals surface area (Å²) in [7, 11) is 0. The first kappa shape index (κ1) is 13.5. The number of amides is 1. The maximum absolute atomic E-state index is 11.8. The minimum Gasteiger partial charge on any atom is -0.469 e. The monoisotopic (exact) mass is 276 g/mol. The number of hydrogen-bond donors (Lipinski definition) is 1. The normalized spacial score (nSPS) is 11.6. The van der Waals surface area contributed by atoms with Crippen LogP contribution in [0.2, 0.25) is 0 Å². The van der Waals surface area contributed by atoms with Crippen molar-refractivity contribution in [3.63, 3.8) is 0 Å². The van der Waals surface area contributed by atoms with Crippen LogP contribution in [-0.2, 0) is 6.42 Å². The van der Waals surface area contributed by atoms with Gasteiger partial charge in [-0.05, 0) is 38.5 Å². The summed E-state index contributed by atoms with van der Waals surface area (Å²) in [6, 6.07) is 5.74. The van der Waals surface area contributed by atoms with Crippen LogP contribution in [0.25, 0.3) is 0 Å². The van der Waals surface area contributed by atoms with Gasteiger partial charge in [0.2, 0.25) is 0 Å². The minimum atomic E-state index is -0.252. The van der Waals surface area contributed by atoms with Gasteiger partial charge in [-0.15, -0.1) is 11.3 Å². The molecule has 0 unspecified atom stereocenters. The highest BCUT2D eigenvalue weighted by Crippen LogP contribution is 2.17. The molecule has 0 saturated heterocycles. The molecule has 1 N–H and O–H groups in total. The molecule has 5 heteroatoms. The number of nitrogens with one attached hydrogen (secondary N) is 1. The number of thiophene rings is 1. The molecule has 2 aromatic heterocycles. The van der Waals surface area contributed by atoms with E-state index in [9.17, 15) is 4.79 Å². The van der Waals surface area contributed by atoms with Gasteiger partial charge in [0.15, 0.2) is 0 Å². The van der Waals surface area contributed by atoms with Crippen LogP contribution in [0.3, 0.4) is 0 Å². The molecule has 0 radical (unpaired) electrons. The van der Waals surface area contributed by atoms with E-state index in [-0.39, 0.29) is 5.91 Å². The van der Waals surface area contributed by atoms with Crippen LogP contribution in [0, 0.1) is 6.92 Å². The molecule has 2 aromatic rings. The molecule has 0 spiro atoms. The van der Waals surface area contributed by atoms with Gasteiger partial charge in [-0.2, -0.15) is 5.10 Å². The summed E-state index contributed by atoms with van der Waals surface area (Å²) in [5.41, 5.74) is 3.86. The SMILES string of the molecule is CCc1ccc(/C(C)=N\NC(=O)c2ccoc2C)s1. The van der Waals surface area contributed by atoms with E-state index in [1.807, 2.05) is 13.0 Å². The van der Waals surface area contributed by atoms with Crippen LogP contribution < -0.4 is 5.43 Å². The smallest absolute Gasteiger partial charge is 0.274 e. The lowest BCUT2D eigenvalue weighted by molar-refractivity contribution is 0.0953. The topological polar surface area (TPSA) is 54.6 Å². The van der Waals surface area contributed by atoms with Crippen molar-refractivity contribution in [2.24, 2.45) is 5.10 Å². The molecule has 4 nitrogen and oxygen atoms in total. The first-order chi connectivity index (χ1) is 9.11. The third kappa shape index (κ3) is 3.12. The van der Waals surface area contributed by atoms with Crippen LogP contribution in [0.5, 0.6) is 0 Å². The van der Waals surface area contributed by atoms with Gasteiger partial charge in [0.05, 0.1) is 22.4 Å². The summed E-state index contributed by atoms with van der Waals surface area (Å²) in [5.74, 6) is 0.340. The zero-order valence-corrected chi connectivity index (χ0v) is 12.0. The molecule has 0 aliphatic heterocycles. The number of rotatable bonds is 4. The second-order valence-corrected chi connectivity index (χ2v) is 5.32. The standard InChI is InChI=1S/C14H16N2O2S/c1-4-11-5-6-13(19-11)9(2)15-16-14(17)12-7-8-18-10(12)3/h5-8H,4H2,1-3H3,(H,16,17)/b15-9-. The van der Waals surface area contributed by atoms with Gasteiger partial charge in [0, 0.05) is 4.88 Å². The highest BCUT2D eigenvalue weighted by molar-refractivity contribution is 7.14. The Morgan fingerprint density at radius 1 is 1.42 bits per heavy atom. The zero-order chi connectivity index (χ0) is 13.8. The highest BCUT2D eigenvalue weighted by Gasteiger charge is 2.10. The van der Waals surface area contributed by atoms with Crippen molar-refractivity contribution < 1.29 is 9.21 Å². The Labute approximate surface area is 116 Å². The molecule has 0 bridgehead atoms. The number of aryl methyl sites for hydroxylation is 2. The maximum atomic E-state index is 11.8. The molecule has 19 heavy (non-hydrogen) atoms. The lowest BCUT2D eigenvalue weighted by atomic mass is 10.2. The van der Waals surface area contributed by atoms with Gasteiger partial charge >= 0.3 is 0 Å². The van der Waals surface area contributed by atoms with Crippen molar-refractivity contribution in [1.29, 1.82) is 0 Å². The Bertz CT molecular complexity index is 610. The summed E-state index contributed by atoms with van der Waals surface area (Å²) in [5, 5.41) is 4.12. The molecule has 0 atom stereocenters. The average Bonchev–Trinajstić information content (AvgIpc) is 3.03. The molecule has 0 aliphatic carbocycles. The number of hydrogen-bond acceptors (Lipinski definition) is 4. The molecule has 100 valence electrons. The van der Waals surface area contributed by atoms with Crippen LogP contribution in [0.4, 0.5) is 0 Å². The van der Waals surface area contributed by atoms with Crippen LogP contribution >= 0.6 is 11.3 Å². The van der Waals surface area contributed by atoms with Gasteiger partial charge in [-0.3, -0.25) is 4.79 Å². The van der Waals surface area contributed by atoms with Crippen molar-refractivity contribution in [3.8, 4) is 0 Å². The molecule has 0 aliphatic rings. The third-order valence-corrected chi connectivity index (χ3v) is 4.13. The minimum absolute atomic E-state index is 0.252. The van der Waals surface area contributed by atoms with Gasteiger partial charge < -0.3 is 4.42 Å². The van der Waals surface area contributed by atoms with E-state index in [0.29, 0.717) is 11.3 Å². The van der Waals surface area contributed by atoms with Crippen molar-refractivity contribution in [1.82, 2.24) is 5.43 Å². The third-order valence-electron chi connectivity index (χ3n) is 2.80. The quantitative estimate of drug-likeness (QED) is 0.687. The van der Waals surface area contributed by atoms with Gasteiger partial charge in [-0.25, -0.2) is 5.43 Å². The Morgan fingerprint density at radius 2 is 2.21 bits per heavy atom. The van der Waals surface area contributed by atoms with E-state index in [1.165, 1.54) is 11.1 Å². The molecule has 2 heterocycles. The van der Waals surface area contributed by atoms with E-state index in [4.69, 9.17) is 4.42 Å². The molecule has 0 aromatic carbocycles. The molecule has 0 saturated carbocycles. The first-order valence-electron chi connectivity index (χ1n) is 6.09. The van der Waals surface area contributed by atoms with Crippen LogP contribution in [0.1, 0.15) is 39.7 Å². The Morgan fingerprint density at radius 3 is 2.79 bits per heavy atom. The highest BCUT2D eigenvalue weighted by atomic mass is 32.1. The van der Waals surface area contributed by atoms with Crippen molar-refractivity contribution in [2.75, 3.05) is 0 Å². The van der Waals surface area contributed by atoms with Gasteiger partial charge in [-0.1, -0.05) is 6.92 Å². The largest absolute Gasteiger partial charge is 0.469 e. The number of nitrogens with zero attached hydrogens (tertiary/aromatic N) is 1. The Balaban J connectivity index is 2.06. The summed E-state index contributed by atoms with van der Waals surface area (Å²) >= 11 is 1.69. The zero-order valence-electron chi connectivity index (χ0n) is 11.2. The van der Waals surface area contributed by atoms with Crippen molar-refractivity contribution in [3.05, 3.63) is 45.5 Å². The van der Waals surface area contributed by atoms with Crippen molar-refractivity contribution in [2.45, 2.75) is 27.2 Å². The average molecular weight is 276 g/mol. The predicted molar refractivity (Wildman–Crippen MR) is 76.8 cm³/mol. The number of carbonyl (C=O) groups is 1. The molecular formula is C14H16N2O2S. The van der Waals surface area contributed by atoms with E-state index in [0.717, 1.165) is 17.0 Å². The molecular weight excluding hydrogens is 260 g/mol. The molecule has 1 amide bonds. The summed E-state index contributed by atoms with van der Waals surface area (Å²) < 4.78 is 5.09. The van der Waals surface area contributed by atoms with Gasteiger partial charge in [0.25, 0.3) is 5.91 Å². The second kappa shape index (κ2) is 5.84. The summed E-state index contributed by atoms with van der Waals surface area (Å²) in [4.78, 5) is 14.2. The molecule has 2 rings (SSSR count). The first-order valence-corrected chi connectivity index (χ1v) is 6.91. The Kier molecular flexibility index (Phi) is 4.16. The lowest BCUT2D eigenvalue weighted by Crippen LogP contribution is -2.19. The van der Waals surface area contributed by atoms with Crippen molar-refractivity contribution >= 4 is 23.0 Å². The van der Waals surface area contributed by atoms with Crippen LogP contribution in [0.15, 0.2) is 34.0 Å². The summed E-state index contributed by atoms with van der Waals surface area (Å²) in [6.45, 7) is 5.75. The number of hydrazone groups is 1. The van der Waals surface area contributed by atoms with E-state index < -0.39 is 0 Å². The van der Waals surface area contributed by atoms with E-state index in [2.05, 4.69) is 23.5 Å². The maximum Gasteiger partial charge on any atom is 0.274 e. The van der Waals surface area contributed by atoms with E-state index in [1.54, 1.807) is 24.3 Å². The fourth-order valence-electron chi connectivity index (χ4n) is 1.63. The number of furan rings is 1. The Hall–Kier alpha value is -1.88. The number of carbonyl (C=O) groups excluding carboxylic acids is 1. The molecule has 0 fully saturated rings. The van der Waals surface area contributed by atoms with Gasteiger partial charge in [0.1, 0.15) is 5.76 Å².